The lowest BCUT2D eigenvalue weighted by Gasteiger charge is -2.12. The molecule has 0 spiro atoms. The highest BCUT2D eigenvalue weighted by atomic mass is 16.4. The molecule has 10 nitrogen and oxygen atoms in total. The van der Waals surface area contributed by atoms with Crippen LogP contribution >= 0.6 is 0 Å². The topological polar surface area (TPSA) is 170 Å². The number of amides is 2. The molecular formula is C42H68N2O8. The smallest absolute Gasteiger partial charge is 0.326 e. The van der Waals surface area contributed by atoms with Crippen molar-refractivity contribution in [3.05, 3.63) is 72.9 Å². The summed E-state index contributed by atoms with van der Waals surface area (Å²) in [6, 6.07) is -1.36. The Morgan fingerprint density at radius 2 is 0.865 bits per heavy atom. The Morgan fingerprint density at radius 3 is 1.27 bits per heavy atom. The predicted octanol–water partition coefficient (Wildman–Crippen LogP) is 9.40. The third-order valence-electron chi connectivity index (χ3n) is 7.56. The summed E-state index contributed by atoms with van der Waals surface area (Å²) in [4.78, 5) is 54.7. The molecule has 0 aromatic rings. The summed E-state index contributed by atoms with van der Waals surface area (Å²) in [6.07, 6.45) is 44.9. The molecule has 10 heteroatoms. The number of rotatable bonds is 32. The Kier molecular flexibility index (Phi) is 38.0. The van der Waals surface area contributed by atoms with Gasteiger partial charge in [-0.15, -0.1) is 0 Å². The van der Waals surface area contributed by atoms with Crippen LogP contribution in [-0.4, -0.2) is 57.6 Å². The second-order valence-electron chi connectivity index (χ2n) is 12.4. The molecule has 0 bridgehead atoms. The van der Waals surface area contributed by atoms with Crippen molar-refractivity contribution in [1.29, 1.82) is 0 Å². The van der Waals surface area contributed by atoms with Gasteiger partial charge in [-0.2, -0.15) is 0 Å². The fraction of sp³-hybridized carbons (Fsp3) is 0.595. The Morgan fingerprint density at radius 1 is 0.481 bits per heavy atom. The number of nitrogens with one attached hydrogen (secondary N) is 2. The molecule has 0 rings (SSSR count). The van der Waals surface area contributed by atoms with Gasteiger partial charge in [0.25, 0.3) is 0 Å². The zero-order valence-corrected chi connectivity index (χ0v) is 31.9. The molecule has 0 aliphatic rings. The third kappa shape index (κ3) is 42.0. The van der Waals surface area contributed by atoms with Gasteiger partial charge in [-0.1, -0.05) is 125 Å². The van der Waals surface area contributed by atoms with Crippen molar-refractivity contribution < 1.29 is 39.3 Å². The summed E-state index contributed by atoms with van der Waals surface area (Å²) in [7, 11) is 0. The van der Waals surface area contributed by atoms with Crippen LogP contribution in [0.4, 0.5) is 0 Å². The van der Waals surface area contributed by atoms with E-state index in [2.05, 4.69) is 97.4 Å². The van der Waals surface area contributed by atoms with Crippen molar-refractivity contribution in [3.8, 4) is 0 Å². The summed E-state index contributed by atoms with van der Waals surface area (Å²) in [5, 5.41) is 30.6. The highest BCUT2D eigenvalue weighted by Crippen LogP contribution is 2.09. The van der Waals surface area contributed by atoms with Crippen molar-refractivity contribution in [1.82, 2.24) is 10.6 Å². The molecule has 294 valence electrons. The van der Waals surface area contributed by atoms with Crippen LogP contribution in [0, 0.1) is 0 Å². The molecule has 0 aliphatic carbocycles. The first-order valence-corrected chi connectivity index (χ1v) is 19.3. The molecule has 0 fully saturated rings. The SMILES string of the molecule is CC/C=C\C/C=C\C/C=C\CCCCCCCC(=O)NC(CC(=O)O)C(=O)O.CC/C=C\C/C=C\C/C=C\CCCCCCCC(=O)NCC(=O)O. The summed E-state index contributed by atoms with van der Waals surface area (Å²) < 4.78 is 0. The fourth-order valence-electron chi connectivity index (χ4n) is 4.71. The molecule has 0 radical (unpaired) electrons. The first-order chi connectivity index (χ1) is 25.1. The van der Waals surface area contributed by atoms with Crippen LogP contribution in [0.5, 0.6) is 0 Å². The minimum absolute atomic E-state index is 0.168. The number of carbonyl (C=O) groups is 5. The second kappa shape index (κ2) is 39.6. The van der Waals surface area contributed by atoms with Crippen molar-refractivity contribution in [2.75, 3.05) is 6.54 Å². The van der Waals surface area contributed by atoms with Gasteiger partial charge >= 0.3 is 17.9 Å². The third-order valence-corrected chi connectivity index (χ3v) is 7.56. The molecule has 2 amide bonds. The molecule has 0 aliphatic heterocycles. The highest BCUT2D eigenvalue weighted by Gasteiger charge is 2.22. The zero-order chi connectivity index (χ0) is 38.9. The number of carbonyl (C=O) groups excluding carboxylic acids is 2. The minimum atomic E-state index is -1.36. The van der Waals surface area contributed by atoms with Crippen molar-refractivity contribution in [2.45, 2.75) is 155 Å². The second-order valence-corrected chi connectivity index (χ2v) is 12.4. The maximum Gasteiger partial charge on any atom is 0.326 e. The Labute approximate surface area is 313 Å². The van der Waals surface area contributed by atoms with Crippen LogP contribution < -0.4 is 10.6 Å². The molecule has 0 saturated heterocycles. The van der Waals surface area contributed by atoms with Gasteiger partial charge < -0.3 is 26.0 Å². The van der Waals surface area contributed by atoms with E-state index in [9.17, 15) is 24.0 Å². The standard InChI is InChI=1S/C22H35NO5.C20H33NO3/c1-2-3-4-5-6-7-8-9-10-11-12-13-14-15-16-17-20(24)23-19(22(27)28)18-21(25)26;1-2-3-4-5-6-7-8-9-10-11-12-13-14-15-16-17-19(22)21-18-20(23)24/h3-4,6-7,9-10,19H,2,5,8,11-18H2,1H3,(H,23,24)(H,25,26)(H,27,28);3-4,6-7,9-10H,2,5,8,11-18H2,1H3,(H,21,22)(H,23,24)/b2*4-3-,7-6-,10-9-. The van der Waals surface area contributed by atoms with Crippen LogP contribution in [0.25, 0.3) is 0 Å². The quantitative estimate of drug-likeness (QED) is 0.0337. The number of hydrogen-bond acceptors (Lipinski definition) is 5. The van der Waals surface area contributed by atoms with Gasteiger partial charge in [-0.25, -0.2) is 4.79 Å². The number of carboxylic acid groups (broad SMARTS) is 3. The van der Waals surface area contributed by atoms with Crippen molar-refractivity contribution in [2.24, 2.45) is 0 Å². The first-order valence-electron chi connectivity index (χ1n) is 19.3. The first kappa shape index (κ1) is 49.9. The predicted molar refractivity (Wildman–Crippen MR) is 211 cm³/mol. The number of aliphatic carboxylic acids is 3. The monoisotopic (exact) mass is 728 g/mol. The molecule has 1 unspecified atom stereocenters. The molecule has 0 aromatic carbocycles. The highest BCUT2D eigenvalue weighted by molar-refractivity contribution is 5.86. The van der Waals surface area contributed by atoms with Crippen molar-refractivity contribution in [3.63, 3.8) is 0 Å². The van der Waals surface area contributed by atoms with Crippen LogP contribution in [0.15, 0.2) is 72.9 Å². The Balaban J connectivity index is 0. The van der Waals surface area contributed by atoms with Gasteiger partial charge in [0, 0.05) is 12.8 Å². The van der Waals surface area contributed by atoms with E-state index in [1.54, 1.807) is 0 Å². The molecule has 52 heavy (non-hydrogen) atoms. The normalized spacial score (nSPS) is 12.3. The summed E-state index contributed by atoms with van der Waals surface area (Å²) in [5.74, 6) is -4.15. The molecule has 0 heterocycles. The lowest BCUT2D eigenvalue weighted by Crippen LogP contribution is -2.42. The molecule has 1 atom stereocenters. The van der Waals surface area contributed by atoms with Gasteiger partial charge in [0.05, 0.1) is 6.42 Å². The number of allylic oxidation sites excluding steroid dienone is 12. The number of hydrogen-bond donors (Lipinski definition) is 5. The summed E-state index contributed by atoms with van der Waals surface area (Å²) >= 11 is 0. The maximum atomic E-state index is 11.7. The van der Waals surface area contributed by atoms with Crippen LogP contribution in [0.2, 0.25) is 0 Å². The number of carboxylic acids is 3. The summed E-state index contributed by atoms with van der Waals surface area (Å²) in [5.41, 5.74) is 0. The Bertz CT molecular complexity index is 1120. The average Bonchev–Trinajstić information content (AvgIpc) is 3.10. The van der Waals surface area contributed by atoms with Crippen LogP contribution in [0.3, 0.4) is 0 Å². The van der Waals surface area contributed by atoms with Gasteiger partial charge in [-0.3, -0.25) is 19.2 Å². The van der Waals surface area contributed by atoms with E-state index >= 15 is 0 Å². The lowest BCUT2D eigenvalue weighted by molar-refractivity contribution is -0.147. The van der Waals surface area contributed by atoms with Crippen LogP contribution in [0.1, 0.15) is 149 Å². The van der Waals surface area contributed by atoms with Gasteiger partial charge in [-0.05, 0) is 77.0 Å². The largest absolute Gasteiger partial charge is 0.481 e. The zero-order valence-electron chi connectivity index (χ0n) is 31.9. The van der Waals surface area contributed by atoms with Crippen molar-refractivity contribution >= 4 is 29.7 Å². The maximum absolute atomic E-state index is 11.7. The van der Waals surface area contributed by atoms with Gasteiger partial charge in [0.1, 0.15) is 12.6 Å². The fourth-order valence-corrected chi connectivity index (χ4v) is 4.71. The van der Waals surface area contributed by atoms with E-state index in [0.717, 1.165) is 96.3 Å². The molecule has 0 aromatic heterocycles. The Hall–Kier alpha value is -4.21. The van der Waals surface area contributed by atoms with Gasteiger partial charge in [0.15, 0.2) is 0 Å². The van der Waals surface area contributed by atoms with Gasteiger partial charge in [0.2, 0.25) is 11.8 Å². The summed E-state index contributed by atoms with van der Waals surface area (Å²) in [6.45, 7) is 3.99. The molecular weight excluding hydrogens is 660 g/mol. The van der Waals surface area contributed by atoms with E-state index in [1.807, 2.05) is 0 Å². The molecule has 0 saturated carbocycles. The average molecular weight is 729 g/mol. The number of unbranched alkanes of at least 4 members (excludes halogenated alkanes) is 10. The minimum Gasteiger partial charge on any atom is -0.481 e. The van der Waals surface area contributed by atoms with E-state index in [0.29, 0.717) is 12.8 Å². The van der Waals surface area contributed by atoms with E-state index in [1.165, 1.54) is 12.8 Å². The molecule has 5 N–H and O–H groups in total. The van der Waals surface area contributed by atoms with Crippen LogP contribution in [-0.2, 0) is 24.0 Å². The lowest BCUT2D eigenvalue weighted by atomic mass is 10.1. The van der Waals surface area contributed by atoms with E-state index < -0.39 is 36.3 Å². The van der Waals surface area contributed by atoms with E-state index in [4.69, 9.17) is 15.3 Å². The van der Waals surface area contributed by atoms with E-state index in [-0.39, 0.29) is 18.9 Å².